The molecule has 0 heterocycles. The molecule has 0 rings (SSSR count). The quantitative estimate of drug-likeness (QED) is 0.318. The first-order chi connectivity index (χ1) is 8.56. The van der Waals surface area contributed by atoms with E-state index in [1.54, 1.807) is 0 Å². The van der Waals surface area contributed by atoms with Crippen LogP contribution in [-0.4, -0.2) is 23.8 Å². The van der Waals surface area contributed by atoms with Gasteiger partial charge in [0.2, 0.25) is 0 Å². The van der Waals surface area contributed by atoms with Crippen LogP contribution in [0.15, 0.2) is 0 Å². The van der Waals surface area contributed by atoms with Crippen LogP contribution in [0.25, 0.3) is 0 Å². The molecular formula is C13H29NaO3S2. The summed E-state index contributed by atoms with van der Waals surface area (Å²) in [5.41, 5.74) is 0. The number of rotatable bonds is 13. The number of thioether (sulfide) groups is 1. The third kappa shape index (κ3) is 21.7. The van der Waals surface area contributed by atoms with E-state index in [1.807, 2.05) is 0 Å². The zero-order valence-electron chi connectivity index (χ0n) is 13.6. The molecule has 0 fully saturated rings. The van der Waals surface area contributed by atoms with Gasteiger partial charge >= 0.3 is 29.6 Å². The Balaban J connectivity index is -0.00000144. The Morgan fingerprint density at radius 2 is 1.32 bits per heavy atom. The Labute approximate surface area is 147 Å². The van der Waals surface area contributed by atoms with Crippen molar-refractivity contribution in [3.05, 3.63) is 0 Å². The van der Waals surface area contributed by atoms with Gasteiger partial charge in [0.15, 0.2) is 0 Å². The summed E-state index contributed by atoms with van der Waals surface area (Å²) in [7, 11) is -3.77. The standard InChI is InChI=1S/C13H28O3S2.Na.H/c1-2-3-4-5-6-7-8-9-10-11-12-17-13-18(14,15)16;;/h2-13H2,1H3,(H,14,15,16);;/q;+1;-1. The predicted octanol–water partition coefficient (Wildman–Crippen LogP) is 1.60. The largest absolute Gasteiger partial charge is 1.00 e. The molecular weight excluding hydrogens is 291 g/mol. The molecule has 6 heteroatoms. The molecule has 0 spiro atoms. The summed E-state index contributed by atoms with van der Waals surface area (Å²) in [6.07, 6.45) is 12.9. The summed E-state index contributed by atoms with van der Waals surface area (Å²) in [6.45, 7) is 2.24. The van der Waals surface area contributed by atoms with E-state index < -0.39 is 10.1 Å². The first-order valence-corrected chi connectivity index (χ1v) is 9.85. The molecule has 0 aromatic rings. The summed E-state index contributed by atoms with van der Waals surface area (Å²) >= 11 is 1.30. The number of unbranched alkanes of at least 4 members (excludes halogenated alkanes) is 9. The van der Waals surface area contributed by atoms with Crippen molar-refractivity contribution in [2.75, 3.05) is 10.8 Å². The zero-order valence-corrected chi connectivity index (χ0v) is 16.2. The Morgan fingerprint density at radius 3 is 1.74 bits per heavy atom. The third-order valence-electron chi connectivity index (χ3n) is 2.87. The van der Waals surface area contributed by atoms with Crippen molar-refractivity contribution in [1.82, 2.24) is 0 Å². The minimum Gasteiger partial charge on any atom is -1.00 e. The van der Waals surface area contributed by atoms with E-state index >= 15 is 0 Å². The van der Waals surface area contributed by atoms with Crippen molar-refractivity contribution < 1.29 is 44.0 Å². The van der Waals surface area contributed by atoms with Crippen molar-refractivity contribution in [2.45, 2.75) is 71.1 Å². The van der Waals surface area contributed by atoms with Gasteiger partial charge in [0.25, 0.3) is 10.1 Å². The van der Waals surface area contributed by atoms with E-state index in [1.165, 1.54) is 69.5 Å². The smallest absolute Gasteiger partial charge is 1.00 e. The molecule has 0 aliphatic rings. The Morgan fingerprint density at radius 1 is 0.895 bits per heavy atom. The van der Waals surface area contributed by atoms with Crippen LogP contribution in [0.4, 0.5) is 0 Å². The van der Waals surface area contributed by atoms with Crippen LogP contribution < -0.4 is 29.6 Å². The van der Waals surface area contributed by atoms with Crippen LogP contribution in [0.3, 0.4) is 0 Å². The van der Waals surface area contributed by atoms with Gasteiger partial charge in [-0.3, -0.25) is 4.55 Å². The maximum atomic E-state index is 10.4. The second-order valence-electron chi connectivity index (χ2n) is 4.79. The molecule has 0 radical (unpaired) electrons. The maximum Gasteiger partial charge on any atom is 1.00 e. The molecule has 0 bridgehead atoms. The van der Waals surface area contributed by atoms with Gasteiger partial charge in [0, 0.05) is 0 Å². The normalized spacial score (nSPS) is 11.3. The Bertz CT molecular complexity index is 275. The summed E-state index contributed by atoms with van der Waals surface area (Å²) < 4.78 is 29.4. The van der Waals surface area contributed by atoms with Gasteiger partial charge in [-0.1, -0.05) is 64.7 Å². The van der Waals surface area contributed by atoms with Gasteiger partial charge in [-0.25, -0.2) is 0 Å². The van der Waals surface area contributed by atoms with Crippen molar-refractivity contribution in [3.8, 4) is 0 Å². The molecule has 0 saturated heterocycles. The molecule has 112 valence electrons. The second-order valence-corrected chi connectivity index (χ2v) is 7.71. The summed E-state index contributed by atoms with van der Waals surface area (Å²) in [4.78, 5) is 0. The Kier molecular flexibility index (Phi) is 18.6. The average Bonchev–Trinajstić information content (AvgIpc) is 2.29. The average molecular weight is 320 g/mol. The number of hydrogen-bond acceptors (Lipinski definition) is 3. The van der Waals surface area contributed by atoms with E-state index in [4.69, 9.17) is 4.55 Å². The SMILES string of the molecule is CCCCCCCCCCCCSCS(=O)(=O)O.[H-].[Na+]. The molecule has 0 aliphatic carbocycles. The van der Waals surface area contributed by atoms with Crippen molar-refractivity contribution in [3.63, 3.8) is 0 Å². The fourth-order valence-corrected chi connectivity index (χ4v) is 3.58. The summed E-state index contributed by atoms with van der Waals surface area (Å²) in [5.74, 6) is 0.830. The summed E-state index contributed by atoms with van der Waals surface area (Å²) in [5, 5.41) is -0.162. The molecule has 0 aromatic carbocycles. The molecule has 3 nitrogen and oxygen atoms in total. The number of hydrogen-bond donors (Lipinski definition) is 1. The van der Waals surface area contributed by atoms with Crippen molar-refractivity contribution >= 4 is 21.9 Å². The molecule has 0 aliphatic heterocycles. The van der Waals surface area contributed by atoms with Gasteiger partial charge < -0.3 is 1.43 Å². The Hall–Kier alpha value is 1.26. The topological polar surface area (TPSA) is 54.4 Å². The molecule has 0 amide bonds. The van der Waals surface area contributed by atoms with Crippen LogP contribution in [-0.2, 0) is 10.1 Å². The second kappa shape index (κ2) is 15.6. The first kappa shape index (κ1) is 22.5. The monoisotopic (exact) mass is 320 g/mol. The minimum absolute atomic E-state index is 0. The molecule has 0 saturated carbocycles. The van der Waals surface area contributed by atoms with Gasteiger partial charge in [-0.2, -0.15) is 8.42 Å². The van der Waals surface area contributed by atoms with Crippen LogP contribution in [0.1, 0.15) is 72.6 Å². The van der Waals surface area contributed by atoms with Crippen LogP contribution >= 0.6 is 11.8 Å². The molecule has 1 N–H and O–H groups in total. The van der Waals surface area contributed by atoms with Crippen LogP contribution in [0.2, 0.25) is 0 Å². The van der Waals surface area contributed by atoms with E-state index in [2.05, 4.69) is 6.92 Å². The van der Waals surface area contributed by atoms with Gasteiger partial charge in [0.1, 0.15) is 5.08 Å². The fraction of sp³-hybridized carbons (Fsp3) is 1.00. The van der Waals surface area contributed by atoms with Gasteiger partial charge in [-0.15, -0.1) is 11.8 Å². The van der Waals surface area contributed by atoms with E-state index in [-0.39, 0.29) is 36.1 Å². The van der Waals surface area contributed by atoms with Crippen LogP contribution in [0, 0.1) is 0 Å². The third-order valence-corrected chi connectivity index (χ3v) is 5.31. The van der Waals surface area contributed by atoms with Crippen molar-refractivity contribution in [1.29, 1.82) is 0 Å². The van der Waals surface area contributed by atoms with Gasteiger partial charge in [0.05, 0.1) is 0 Å². The molecule has 0 unspecified atom stereocenters. The van der Waals surface area contributed by atoms with Gasteiger partial charge in [-0.05, 0) is 12.2 Å². The fourth-order valence-electron chi connectivity index (χ4n) is 1.86. The molecule has 19 heavy (non-hydrogen) atoms. The summed E-state index contributed by atoms with van der Waals surface area (Å²) in [6, 6.07) is 0. The molecule has 0 aromatic heterocycles. The maximum absolute atomic E-state index is 10.4. The van der Waals surface area contributed by atoms with E-state index in [0.29, 0.717) is 0 Å². The first-order valence-electron chi connectivity index (χ1n) is 7.09. The predicted molar refractivity (Wildman–Crippen MR) is 81.8 cm³/mol. The van der Waals surface area contributed by atoms with E-state index in [9.17, 15) is 8.42 Å². The minimum atomic E-state index is -3.77. The van der Waals surface area contributed by atoms with E-state index in [0.717, 1.165) is 12.2 Å². The zero-order chi connectivity index (χ0) is 13.7. The van der Waals surface area contributed by atoms with Crippen LogP contribution in [0.5, 0.6) is 0 Å². The van der Waals surface area contributed by atoms with Crippen molar-refractivity contribution in [2.24, 2.45) is 0 Å². The molecule has 0 atom stereocenters.